The summed E-state index contributed by atoms with van der Waals surface area (Å²) in [4.78, 5) is 28.0. The lowest BCUT2D eigenvalue weighted by atomic mass is 10.2. The number of ether oxygens (including phenoxy) is 3. The fourth-order valence-corrected chi connectivity index (χ4v) is 3.23. The third-order valence-corrected chi connectivity index (χ3v) is 4.59. The minimum absolute atomic E-state index is 0.209. The van der Waals surface area contributed by atoms with Gasteiger partial charge < -0.3 is 25.3 Å². The van der Waals surface area contributed by atoms with Gasteiger partial charge in [0, 0.05) is 18.2 Å². The van der Waals surface area contributed by atoms with E-state index in [1.165, 1.54) is 0 Å². The molecule has 9 heteroatoms. The maximum Gasteiger partial charge on any atom is 0.289 e. The van der Waals surface area contributed by atoms with E-state index in [1.807, 2.05) is 6.07 Å². The fourth-order valence-electron chi connectivity index (χ4n) is 2.50. The Morgan fingerprint density at radius 1 is 1.14 bits per heavy atom. The van der Waals surface area contributed by atoms with E-state index in [4.69, 9.17) is 19.9 Å². The van der Waals surface area contributed by atoms with Gasteiger partial charge in [0.25, 0.3) is 11.1 Å². The monoisotopic (exact) mass is 413 g/mol. The van der Waals surface area contributed by atoms with Crippen LogP contribution in [0.3, 0.4) is 0 Å². The van der Waals surface area contributed by atoms with Gasteiger partial charge >= 0.3 is 0 Å². The summed E-state index contributed by atoms with van der Waals surface area (Å²) in [5.41, 5.74) is 6.45. The number of carbonyl (C=O) groups is 2. The van der Waals surface area contributed by atoms with Gasteiger partial charge in [-0.3, -0.25) is 9.59 Å². The Bertz CT molecular complexity index is 981. The molecular formula is C20H19N3O5S. The van der Waals surface area contributed by atoms with Crippen molar-refractivity contribution in [3.8, 4) is 17.2 Å². The normalized spacial score (nSPS) is 16.0. The summed E-state index contributed by atoms with van der Waals surface area (Å²) in [5.74, 6) is 1.53. The lowest BCUT2D eigenvalue weighted by molar-refractivity contribution is -0.119. The molecule has 0 saturated carbocycles. The third-order valence-electron chi connectivity index (χ3n) is 3.77. The molecule has 0 unspecified atom stereocenters. The first kappa shape index (κ1) is 20.3. The quantitative estimate of drug-likeness (QED) is 0.721. The number of rotatable bonds is 7. The molecule has 2 amide bonds. The van der Waals surface area contributed by atoms with Crippen LogP contribution in [0.2, 0.25) is 0 Å². The number of hydrogen-bond acceptors (Lipinski definition) is 7. The van der Waals surface area contributed by atoms with Crippen molar-refractivity contribution >= 4 is 40.5 Å². The predicted molar refractivity (Wildman–Crippen MR) is 112 cm³/mol. The average molecular weight is 413 g/mol. The molecule has 2 aromatic rings. The first-order chi connectivity index (χ1) is 14.0. The Balaban J connectivity index is 1.91. The van der Waals surface area contributed by atoms with Crippen molar-refractivity contribution in [1.29, 1.82) is 0 Å². The lowest BCUT2D eigenvalue weighted by Crippen LogP contribution is -2.20. The highest BCUT2D eigenvalue weighted by Crippen LogP contribution is 2.32. The van der Waals surface area contributed by atoms with Crippen LogP contribution in [-0.4, -0.2) is 37.8 Å². The van der Waals surface area contributed by atoms with E-state index in [9.17, 15) is 9.59 Å². The van der Waals surface area contributed by atoms with Gasteiger partial charge in [-0.05, 0) is 35.5 Å². The van der Waals surface area contributed by atoms with Crippen LogP contribution in [0, 0.1) is 0 Å². The predicted octanol–water partition coefficient (Wildman–Crippen LogP) is 3.10. The zero-order chi connectivity index (χ0) is 20.8. The van der Waals surface area contributed by atoms with Gasteiger partial charge in [-0.2, -0.15) is 0 Å². The van der Waals surface area contributed by atoms with E-state index in [0.29, 0.717) is 33.7 Å². The van der Waals surface area contributed by atoms with E-state index < -0.39 is 5.91 Å². The molecule has 0 radical (unpaired) electrons. The molecule has 2 aromatic carbocycles. The number of methoxy groups -OCH3 is 2. The molecular weight excluding hydrogens is 394 g/mol. The van der Waals surface area contributed by atoms with Gasteiger partial charge in [0.05, 0.1) is 24.8 Å². The number of nitrogens with zero attached hydrogens (tertiary/aromatic N) is 1. The second-order valence-electron chi connectivity index (χ2n) is 5.88. The summed E-state index contributed by atoms with van der Waals surface area (Å²) in [6, 6.07) is 12.3. The molecule has 1 saturated heterocycles. The van der Waals surface area contributed by atoms with Crippen LogP contribution in [0.15, 0.2) is 52.4 Å². The topological polar surface area (TPSA) is 112 Å². The molecule has 0 atom stereocenters. The van der Waals surface area contributed by atoms with E-state index in [2.05, 4.69) is 10.3 Å². The highest BCUT2D eigenvalue weighted by Gasteiger charge is 2.23. The Labute approximate surface area is 171 Å². The number of thioether (sulfide) groups is 1. The smallest absolute Gasteiger partial charge is 0.289 e. The van der Waals surface area contributed by atoms with Crippen LogP contribution in [0.25, 0.3) is 6.08 Å². The number of aliphatic imine (C=N–C) groups is 1. The molecule has 8 nitrogen and oxygen atoms in total. The first-order valence-electron chi connectivity index (χ1n) is 8.50. The molecule has 29 heavy (non-hydrogen) atoms. The van der Waals surface area contributed by atoms with Gasteiger partial charge in [0.1, 0.15) is 23.1 Å². The van der Waals surface area contributed by atoms with Crippen LogP contribution < -0.4 is 25.3 Å². The summed E-state index contributed by atoms with van der Waals surface area (Å²) in [7, 11) is 3.11. The fraction of sp³-hybridized carbons (Fsp3) is 0.150. The molecule has 0 aliphatic carbocycles. The Kier molecular flexibility index (Phi) is 6.40. The maximum absolute atomic E-state index is 11.9. The van der Waals surface area contributed by atoms with Crippen LogP contribution in [0.5, 0.6) is 17.2 Å². The minimum Gasteiger partial charge on any atom is -0.497 e. The number of hydrogen-bond donors (Lipinski definition) is 2. The molecule has 150 valence electrons. The van der Waals surface area contributed by atoms with Gasteiger partial charge in [-0.25, -0.2) is 4.99 Å². The molecule has 0 bridgehead atoms. The molecule has 1 fully saturated rings. The SMILES string of the molecule is COc1cc(N=C2NC(=O)SC2=Cc2cccc(OCC(N)=O)c2)cc(OC)c1. The van der Waals surface area contributed by atoms with E-state index >= 15 is 0 Å². The van der Waals surface area contributed by atoms with Crippen molar-refractivity contribution in [1.82, 2.24) is 5.32 Å². The highest BCUT2D eigenvalue weighted by molar-refractivity contribution is 8.18. The number of primary amides is 1. The molecule has 1 aliphatic heterocycles. The van der Waals surface area contributed by atoms with Crippen molar-refractivity contribution in [3.05, 3.63) is 52.9 Å². The number of nitrogens with one attached hydrogen (secondary N) is 1. The number of benzene rings is 2. The third kappa shape index (κ3) is 5.52. The van der Waals surface area contributed by atoms with E-state index in [-0.39, 0.29) is 11.8 Å². The first-order valence-corrected chi connectivity index (χ1v) is 9.32. The standard InChI is InChI=1S/C20H19N3O5S/c1-26-15-8-13(9-16(10-15)27-2)22-19-17(29-20(25)23-19)7-12-4-3-5-14(6-12)28-11-18(21)24/h3-10H,11H2,1-2H3,(H2,21,24)(H,22,23,25). The zero-order valence-corrected chi connectivity index (χ0v) is 16.6. The van der Waals surface area contributed by atoms with Gasteiger partial charge in [-0.15, -0.1) is 0 Å². The van der Waals surface area contributed by atoms with Crippen molar-refractivity contribution in [2.24, 2.45) is 10.7 Å². The second-order valence-corrected chi connectivity index (χ2v) is 6.90. The minimum atomic E-state index is -0.557. The molecule has 0 aromatic heterocycles. The van der Waals surface area contributed by atoms with E-state index in [1.54, 1.807) is 56.7 Å². The van der Waals surface area contributed by atoms with Crippen LogP contribution in [-0.2, 0) is 4.79 Å². The molecule has 0 spiro atoms. The summed E-state index contributed by atoms with van der Waals surface area (Å²) in [5, 5.41) is 2.50. The lowest BCUT2D eigenvalue weighted by Gasteiger charge is -2.07. The summed E-state index contributed by atoms with van der Waals surface area (Å²) < 4.78 is 15.8. The molecule has 3 N–H and O–H groups in total. The maximum atomic E-state index is 11.9. The number of amides is 2. The van der Waals surface area contributed by atoms with E-state index in [0.717, 1.165) is 17.3 Å². The number of amidine groups is 1. The van der Waals surface area contributed by atoms with Crippen molar-refractivity contribution in [2.75, 3.05) is 20.8 Å². The van der Waals surface area contributed by atoms with Crippen LogP contribution in [0.1, 0.15) is 5.56 Å². The van der Waals surface area contributed by atoms with Crippen molar-refractivity contribution in [2.45, 2.75) is 0 Å². The average Bonchev–Trinajstić information content (AvgIpc) is 3.04. The number of carbonyl (C=O) groups excluding carboxylic acids is 2. The summed E-state index contributed by atoms with van der Waals surface area (Å²) in [6.45, 7) is -0.209. The molecule has 1 aliphatic rings. The summed E-state index contributed by atoms with van der Waals surface area (Å²) in [6.07, 6.45) is 1.80. The summed E-state index contributed by atoms with van der Waals surface area (Å²) >= 11 is 1.03. The zero-order valence-electron chi connectivity index (χ0n) is 15.8. The largest absolute Gasteiger partial charge is 0.497 e. The van der Waals surface area contributed by atoms with Gasteiger partial charge in [-0.1, -0.05) is 12.1 Å². The molecule has 1 heterocycles. The second kappa shape index (κ2) is 9.16. The van der Waals surface area contributed by atoms with Gasteiger partial charge in [0.15, 0.2) is 6.61 Å². The van der Waals surface area contributed by atoms with Crippen molar-refractivity contribution < 1.29 is 23.8 Å². The Morgan fingerprint density at radius 3 is 2.52 bits per heavy atom. The highest BCUT2D eigenvalue weighted by atomic mass is 32.2. The van der Waals surface area contributed by atoms with Crippen LogP contribution in [0.4, 0.5) is 10.5 Å². The Hall–Kier alpha value is -3.46. The van der Waals surface area contributed by atoms with Crippen molar-refractivity contribution in [3.63, 3.8) is 0 Å². The number of nitrogens with two attached hydrogens (primary N) is 1. The van der Waals surface area contributed by atoms with Crippen LogP contribution >= 0.6 is 11.8 Å². The van der Waals surface area contributed by atoms with Gasteiger partial charge in [0.2, 0.25) is 0 Å². The molecule has 3 rings (SSSR count). The Morgan fingerprint density at radius 2 is 1.86 bits per heavy atom.